The summed E-state index contributed by atoms with van der Waals surface area (Å²) >= 11 is 0. The number of sulfonamides is 1. The Morgan fingerprint density at radius 1 is 1.15 bits per heavy atom. The SMILES string of the molecule is C[C@H]1Oc2ccc(C(=O)NC3C[C@H]4CC[C@@H](C3)N4S(=O)(=O)CC3CCNCC3)cc2NC1=O. The number of rotatable bonds is 5. The first kappa shape index (κ1) is 22.6. The van der Waals surface area contributed by atoms with Gasteiger partial charge in [0.25, 0.3) is 11.8 Å². The minimum absolute atomic E-state index is 0.0431. The van der Waals surface area contributed by atoms with Gasteiger partial charge in [-0.1, -0.05) is 0 Å². The molecule has 3 fully saturated rings. The highest BCUT2D eigenvalue weighted by Crippen LogP contribution is 2.39. The van der Waals surface area contributed by atoms with Gasteiger partial charge in [-0.15, -0.1) is 0 Å². The number of hydrogen-bond acceptors (Lipinski definition) is 6. The van der Waals surface area contributed by atoms with Gasteiger partial charge in [-0.2, -0.15) is 4.31 Å². The Morgan fingerprint density at radius 3 is 2.55 bits per heavy atom. The average Bonchev–Trinajstić information content (AvgIpc) is 3.07. The molecule has 5 rings (SSSR count). The van der Waals surface area contributed by atoms with Crippen LogP contribution in [-0.4, -0.2) is 67.6 Å². The standard InChI is InChI=1S/C23H32N4O5S/c1-14-22(28)26-20-10-16(2-5-21(20)32-14)23(29)25-17-11-18-3-4-19(12-17)27(18)33(30,31)13-15-6-8-24-9-7-15/h2,5,10,14-15,17-19,24H,3-4,6-9,11-13H2,1H3,(H,25,29)(H,26,28)/t14-,17?,18-,19+/m1/s1. The molecule has 0 aromatic heterocycles. The lowest BCUT2D eigenvalue weighted by Gasteiger charge is -2.39. The van der Waals surface area contributed by atoms with Gasteiger partial charge in [-0.3, -0.25) is 9.59 Å². The first-order valence-corrected chi connectivity index (χ1v) is 13.6. The van der Waals surface area contributed by atoms with Crippen molar-refractivity contribution in [1.29, 1.82) is 0 Å². The highest BCUT2D eigenvalue weighted by atomic mass is 32.2. The zero-order chi connectivity index (χ0) is 23.2. The van der Waals surface area contributed by atoms with Gasteiger partial charge < -0.3 is 20.7 Å². The minimum atomic E-state index is -3.30. The maximum atomic E-state index is 13.2. The molecule has 1 aromatic carbocycles. The van der Waals surface area contributed by atoms with E-state index in [1.807, 2.05) is 0 Å². The summed E-state index contributed by atoms with van der Waals surface area (Å²) in [6.07, 6.45) is 4.22. The zero-order valence-corrected chi connectivity index (χ0v) is 19.7. The van der Waals surface area contributed by atoms with Crippen LogP contribution in [0.5, 0.6) is 5.75 Å². The second kappa shape index (κ2) is 8.88. The molecule has 33 heavy (non-hydrogen) atoms. The Balaban J connectivity index is 1.22. The van der Waals surface area contributed by atoms with E-state index in [1.165, 1.54) is 0 Å². The molecule has 3 N–H and O–H groups in total. The molecule has 180 valence electrons. The number of fused-ring (bicyclic) bond motifs is 3. The fraction of sp³-hybridized carbons (Fsp3) is 0.652. The molecular formula is C23H32N4O5S. The van der Waals surface area contributed by atoms with Crippen LogP contribution in [-0.2, 0) is 14.8 Å². The molecule has 10 heteroatoms. The molecule has 4 heterocycles. The molecule has 4 aliphatic rings. The number of carbonyl (C=O) groups excluding carboxylic acids is 2. The third-order valence-corrected chi connectivity index (χ3v) is 9.53. The van der Waals surface area contributed by atoms with Gasteiger partial charge in [-0.25, -0.2) is 8.42 Å². The smallest absolute Gasteiger partial charge is 0.265 e. The van der Waals surface area contributed by atoms with Crippen LogP contribution in [0.1, 0.15) is 55.8 Å². The number of nitrogens with zero attached hydrogens (tertiary/aromatic N) is 1. The molecule has 2 bridgehead atoms. The van der Waals surface area contributed by atoms with Gasteiger partial charge in [0.1, 0.15) is 5.75 Å². The van der Waals surface area contributed by atoms with E-state index >= 15 is 0 Å². The van der Waals surface area contributed by atoms with Crippen LogP contribution in [0.2, 0.25) is 0 Å². The predicted molar refractivity (Wildman–Crippen MR) is 124 cm³/mol. The van der Waals surface area contributed by atoms with Gasteiger partial charge in [-0.05, 0) is 82.7 Å². The molecule has 1 aromatic rings. The first-order chi connectivity index (χ1) is 15.8. The van der Waals surface area contributed by atoms with Crippen LogP contribution in [0.3, 0.4) is 0 Å². The van der Waals surface area contributed by atoms with Crippen molar-refractivity contribution < 1.29 is 22.7 Å². The van der Waals surface area contributed by atoms with Gasteiger partial charge in [0.15, 0.2) is 6.10 Å². The van der Waals surface area contributed by atoms with Crippen LogP contribution in [0.4, 0.5) is 5.69 Å². The minimum Gasteiger partial charge on any atom is -0.479 e. The molecule has 2 amide bonds. The van der Waals surface area contributed by atoms with Crippen molar-refractivity contribution in [2.75, 3.05) is 24.2 Å². The van der Waals surface area contributed by atoms with Crippen molar-refractivity contribution in [3.05, 3.63) is 23.8 Å². The van der Waals surface area contributed by atoms with Crippen molar-refractivity contribution in [3.63, 3.8) is 0 Å². The van der Waals surface area contributed by atoms with E-state index in [9.17, 15) is 18.0 Å². The number of hydrogen-bond donors (Lipinski definition) is 3. The van der Waals surface area contributed by atoms with Crippen molar-refractivity contribution in [3.8, 4) is 5.75 Å². The third kappa shape index (κ3) is 4.61. The van der Waals surface area contributed by atoms with Crippen LogP contribution in [0.15, 0.2) is 18.2 Å². The van der Waals surface area contributed by atoms with Gasteiger partial charge >= 0.3 is 0 Å². The van der Waals surface area contributed by atoms with E-state index in [-0.39, 0.29) is 41.6 Å². The van der Waals surface area contributed by atoms with E-state index in [1.54, 1.807) is 29.4 Å². The molecule has 4 aliphatic heterocycles. The number of nitrogens with one attached hydrogen (secondary N) is 3. The third-order valence-electron chi connectivity index (χ3n) is 7.40. The molecule has 9 nitrogen and oxygen atoms in total. The van der Waals surface area contributed by atoms with E-state index in [0.29, 0.717) is 29.8 Å². The summed E-state index contributed by atoms with van der Waals surface area (Å²) in [6.45, 7) is 3.45. The predicted octanol–water partition coefficient (Wildman–Crippen LogP) is 1.46. The molecule has 3 saturated heterocycles. The number of anilines is 1. The summed E-state index contributed by atoms with van der Waals surface area (Å²) in [7, 11) is -3.30. The normalized spacial score (nSPS) is 30.3. The van der Waals surface area contributed by atoms with Crippen molar-refractivity contribution in [1.82, 2.24) is 14.9 Å². The number of benzene rings is 1. The van der Waals surface area contributed by atoms with E-state index in [0.717, 1.165) is 38.8 Å². The van der Waals surface area contributed by atoms with Crippen LogP contribution in [0, 0.1) is 5.92 Å². The maximum Gasteiger partial charge on any atom is 0.265 e. The maximum absolute atomic E-state index is 13.2. The summed E-state index contributed by atoms with van der Waals surface area (Å²) in [4.78, 5) is 24.8. The Hall–Kier alpha value is -2.17. The van der Waals surface area contributed by atoms with E-state index in [2.05, 4.69) is 16.0 Å². The molecule has 0 radical (unpaired) electrons. The number of carbonyl (C=O) groups is 2. The summed E-state index contributed by atoms with van der Waals surface area (Å²) in [6, 6.07) is 4.85. The second-order valence-electron chi connectivity index (χ2n) is 9.79. The summed E-state index contributed by atoms with van der Waals surface area (Å²) in [5, 5.41) is 9.15. The lowest BCUT2D eigenvalue weighted by atomic mass is 9.99. The van der Waals surface area contributed by atoms with Crippen molar-refractivity contribution >= 4 is 27.5 Å². The summed E-state index contributed by atoms with van der Waals surface area (Å²) in [5.74, 6) is 0.546. The number of ether oxygens (including phenoxy) is 1. The second-order valence-corrected chi connectivity index (χ2v) is 11.7. The molecular weight excluding hydrogens is 444 g/mol. The topological polar surface area (TPSA) is 117 Å². The van der Waals surface area contributed by atoms with Crippen LogP contribution in [0.25, 0.3) is 0 Å². The first-order valence-electron chi connectivity index (χ1n) is 11.9. The Kier molecular flexibility index (Phi) is 6.09. The molecule has 0 saturated carbocycles. The molecule has 0 aliphatic carbocycles. The van der Waals surface area contributed by atoms with Gasteiger partial charge in [0.05, 0.1) is 11.4 Å². The zero-order valence-electron chi connectivity index (χ0n) is 18.9. The quantitative estimate of drug-likeness (QED) is 0.593. The van der Waals surface area contributed by atoms with Crippen LogP contribution < -0.4 is 20.7 Å². The molecule has 1 unspecified atom stereocenters. The fourth-order valence-electron chi connectivity index (χ4n) is 5.76. The fourth-order valence-corrected chi connectivity index (χ4v) is 8.15. The highest BCUT2D eigenvalue weighted by Gasteiger charge is 2.47. The average molecular weight is 477 g/mol. The summed E-state index contributed by atoms with van der Waals surface area (Å²) < 4.78 is 33.8. The number of amides is 2. The van der Waals surface area contributed by atoms with E-state index in [4.69, 9.17) is 4.74 Å². The van der Waals surface area contributed by atoms with Gasteiger partial charge in [0.2, 0.25) is 10.0 Å². The Labute approximate surface area is 194 Å². The van der Waals surface area contributed by atoms with Crippen molar-refractivity contribution in [2.24, 2.45) is 5.92 Å². The largest absolute Gasteiger partial charge is 0.479 e. The van der Waals surface area contributed by atoms with Gasteiger partial charge in [0, 0.05) is 23.7 Å². The monoisotopic (exact) mass is 476 g/mol. The van der Waals surface area contributed by atoms with Crippen molar-refractivity contribution in [2.45, 2.75) is 69.7 Å². The summed E-state index contributed by atoms with van der Waals surface area (Å²) in [5.41, 5.74) is 0.935. The highest BCUT2D eigenvalue weighted by molar-refractivity contribution is 7.89. The lowest BCUT2D eigenvalue weighted by Crippen LogP contribution is -2.53. The Bertz CT molecular complexity index is 1030. The number of piperidine rings is 2. The van der Waals surface area contributed by atoms with E-state index < -0.39 is 16.1 Å². The molecule has 0 spiro atoms. The Morgan fingerprint density at radius 2 is 1.85 bits per heavy atom. The van der Waals surface area contributed by atoms with Crippen LogP contribution >= 0.6 is 0 Å². The molecule has 4 atom stereocenters. The lowest BCUT2D eigenvalue weighted by molar-refractivity contribution is -0.122.